The number of nitrogens with zero attached hydrogens (tertiary/aromatic N) is 2. The fraction of sp³-hybridized carbons (Fsp3) is 0.160. The molecule has 0 saturated carbocycles. The van der Waals surface area contributed by atoms with Crippen molar-refractivity contribution in [3.63, 3.8) is 0 Å². The van der Waals surface area contributed by atoms with Gasteiger partial charge in [0.2, 0.25) is 5.52 Å². The lowest BCUT2D eigenvalue weighted by molar-refractivity contribution is -0.665. The van der Waals surface area contributed by atoms with Crippen LogP contribution >= 0.6 is 23.1 Å². The first kappa shape index (κ1) is 22.8. The summed E-state index contributed by atoms with van der Waals surface area (Å²) in [6.45, 7) is 6.35. The maximum atomic E-state index is 2.36. The van der Waals surface area contributed by atoms with E-state index in [9.17, 15) is 0 Å². The van der Waals surface area contributed by atoms with Gasteiger partial charge in [-0.15, -0.1) is 0 Å². The minimum absolute atomic E-state index is 0. The first-order chi connectivity index (χ1) is 14.3. The van der Waals surface area contributed by atoms with Gasteiger partial charge in [0, 0.05) is 23.6 Å². The highest BCUT2D eigenvalue weighted by Gasteiger charge is 2.22. The van der Waals surface area contributed by atoms with Crippen LogP contribution in [0.5, 0.6) is 0 Å². The summed E-state index contributed by atoms with van der Waals surface area (Å²) < 4.78 is 3.69. The molecule has 0 N–H and O–H groups in total. The number of anilines is 1. The Bertz CT molecular complexity index is 1130. The number of aryl methyl sites for hydroxylation is 1. The molecule has 0 unspecified atom stereocenters. The van der Waals surface area contributed by atoms with E-state index in [0.29, 0.717) is 0 Å². The van der Waals surface area contributed by atoms with Crippen LogP contribution in [0.2, 0.25) is 0 Å². The number of allylic oxidation sites excluding steroid dienone is 6. The largest absolute Gasteiger partial charge is 1.00 e. The molecule has 0 saturated heterocycles. The highest BCUT2D eigenvalue weighted by Crippen LogP contribution is 2.45. The molecule has 0 aliphatic carbocycles. The molecule has 30 heavy (non-hydrogen) atoms. The monoisotopic (exact) mass is 544 g/mol. The number of rotatable bonds is 6. The Labute approximate surface area is 204 Å². The van der Waals surface area contributed by atoms with Gasteiger partial charge < -0.3 is 28.9 Å². The summed E-state index contributed by atoms with van der Waals surface area (Å²) in [4.78, 5) is 3.69. The van der Waals surface area contributed by atoms with E-state index < -0.39 is 0 Å². The van der Waals surface area contributed by atoms with Crippen molar-refractivity contribution >= 4 is 45.1 Å². The molecule has 154 valence electrons. The quantitative estimate of drug-likeness (QED) is 0.265. The van der Waals surface area contributed by atoms with Crippen molar-refractivity contribution in [2.24, 2.45) is 0 Å². The van der Waals surface area contributed by atoms with E-state index in [0.717, 1.165) is 13.1 Å². The fourth-order valence-electron chi connectivity index (χ4n) is 3.47. The minimum atomic E-state index is 0. The summed E-state index contributed by atoms with van der Waals surface area (Å²) in [6, 6.07) is 17.2. The van der Waals surface area contributed by atoms with Crippen molar-refractivity contribution in [2.45, 2.75) is 25.3 Å². The predicted octanol–water partition coefficient (Wildman–Crippen LogP) is 3.81. The molecule has 5 heteroatoms. The molecule has 2 nitrogen and oxygen atoms in total. The maximum absolute atomic E-state index is 2.36. The van der Waals surface area contributed by atoms with E-state index >= 15 is 0 Å². The van der Waals surface area contributed by atoms with Gasteiger partial charge in [-0.05, 0) is 38.1 Å². The van der Waals surface area contributed by atoms with Crippen LogP contribution in [0.4, 0.5) is 5.69 Å². The molecule has 0 fully saturated rings. The third kappa shape index (κ3) is 4.90. The van der Waals surface area contributed by atoms with Crippen LogP contribution in [-0.2, 0) is 6.54 Å². The molecule has 4 rings (SSSR count). The molecule has 0 radical (unpaired) electrons. The van der Waals surface area contributed by atoms with E-state index in [1.54, 1.807) is 0 Å². The summed E-state index contributed by atoms with van der Waals surface area (Å²) in [5.41, 5.74) is 2.62. The van der Waals surface area contributed by atoms with E-state index in [1.165, 1.54) is 30.8 Å². The molecule has 1 aliphatic heterocycles. The van der Waals surface area contributed by atoms with Gasteiger partial charge in [0.15, 0.2) is 0 Å². The second-order valence-corrected chi connectivity index (χ2v) is 8.72. The molecule has 2 heterocycles. The second kappa shape index (κ2) is 11.0. The molecule has 0 bridgehead atoms. The molecule has 0 amide bonds. The summed E-state index contributed by atoms with van der Waals surface area (Å²) in [5, 5.41) is 2.56. The van der Waals surface area contributed by atoms with Gasteiger partial charge in [-0.25, -0.2) is 0 Å². The number of thiazole rings is 1. The second-order valence-electron chi connectivity index (χ2n) is 6.60. The van der Waals surface area contributed by atoms with Crippen molar-refractivity contribution < 1.29 is 28.5 Å². The summed E-state index contributed by atoms with van der Waals surface area (Å²) >= 11 is 3.67. The standard InChI is InChI=1S/C25H25N2S2.HI/c1-3-26-20-14-10-12-16-22(20)28-24(26)18-8-6-5-7-9-19-25-27(4-2)21-15-11-13-17-23(21)29-25;/h5-19H,3-4H2,1-2H3;1H/q+1;/p-1. The lowest BCUT2D eigenvalue weighted by Gasteiger charge is -2.17. The van der Waals surface area contributed by atoms with Crippen molar-refractivity contribution in [1.82, 2.24) is 0 Å². The highest BCUT2D eigenvalue weighted by molar-refractivity contribution is 8.03. The number of benzene rings is 2. The van der Waals surface area contributed by atoms with Crippen LogP contribution < -0.4 is 33.4 Å². The SMILES string of the molecule is CCN1\C(=C/C=C/C=C/C=C\c2sc3ccccc3[n+]2CC)Sc2ccccc21.[I-]. The number of hydrogen-bond donors (Lipinski definition) is 0. The number of fused-ring (bicyclic) bond motifs is 2. The minimum Gasteiger partial charge on any atom is -1.00 e. The van der Waals surface area contributed by atoms with Gasteiger partial charge >= 0.3 is 0 Å². The number of aromatic nitrogens is 1. The summed E-state index contributed by atoms with van der Waals surface area (Å²) in [7, 11) is 0. The van der Waals surface area contributed by atoms with Crippen molar-refractivity contribution in [2.75, 3.05) is 11.4 Å². The third-order valence-electron chi connectivity index (χ3n) is 4.83. The third-order valence-corrected chi connectivity index (χ3v) is 7.09. The van der Waals surface area contributed by atoms with Gasteiger partial charge in [0.25, 0.3) is 5.01 Å². The van der Waals surface area contributed by atoms with Gasteiger partial charge in [-0.3, -0.25) is 0 Å². The average Bonchev–Trinajstić information content (AvgIpc) is 3.29. The van der Waals surface area contributed by atoms with Crippen LogP contribution in [0.15, 0.2) is 94.9 Å². The zero-order valence-electron chi connectivity index (χ0n) is 17.2. The van der Waals surface area contributed by atoms with E-state index in [4.69, 9.17) is 0 Å². The zero-order valence-corrected chi connectivity index (χ0v) is 21.0. The fourth-order valence-corrected chi connectivity index (χ4v) is 5.75. The molecule has 0 spiro atoms. The maximum Gasteiger partial charge on any atom is 0.262 e. The molecule has 2 aromatic carbocycles. The lowest BCUT2D eigenvalue weighted by Crippen LogP contribution is -3.00. The Morgan fingerprint density at radius 2 is 1.63 bits per heavy atom. The summed E-state index contributed by atoms with van der Waals surface area (Å²) in [5.74, 6) is 0. The van der Waals surface area contributed by atoms with Crippen LogP contribution in [0, 0.1) is 0 Å². The molecule has 1 aliphatic rings. The normalized spacial score (nSPS) is 15.1. The molecule has 0 atom stereocenters. The molecule has 3 aromatic rings. The topological polar surface area (TPSA) is 7.12 Å². The van der Waals surface area contributed by atoms with Gasteiger partial charge in [-0.2, -0.15) is 4.57 Å². The van der Waals surface area contributed by atoms with Gasteiger partial charge in [0.1, 0.15) is 11.2 Å². The molecule has 1 aromatic heterocycles. The van der Waals surface area contributed by atoms with Crippen LogP contribution in [0.1, 0.15) is 18.9 Å². The number of para-hydroxylation sites is 2. The van der Waals surface area contributed by atoms with Crippen molar-refractivity contribution in [1.29, 1.82) is 0 Å². The van der Waals surface area contributed by atoms with Crippen LogP contribution in [0.25, 0.3) is 16.3 Å². The van der Waals surface area contributed by atoms with Gasteiger partial charge in [-0.1, -0.05) is 77.7 Å². The first-order valence-electron chi connectivity index (χ1n) is 9.99. The summed E-state index contributed by atoms with van der Waals surface area (Å²) in [6.07, 6.45) is 14.9. The predicted molar refractivity (Wildman–Crippen MR) is 128 cm³/mol. The zero-order chi connectivity index (χ0) is 20.1. The number of hydrogen-bond acceptors (Lipinski definition) is 3. The van der Waals surface area contributed by atoms with Crippen LogP contribution in [0.3, 0.4) is 0 Å². The van der Waals surface area contributed by atoms with E-state index in [1.807, 2.05) is 23.1 Å². The Balaban J connectivity index is 0.00000256. The smallest absolute Gasteiger partial charge is 0.262 e. The van der Waals surface area contributed by atoms with E-state index in [-0.39, 0.29) is 24.0 Å². The Morgan fingerprint density at radius 3 is 2.47 bits per heavy atom. The Morgan fingerprint density at radius 1 is 0.900 bits per heavy atom. The van der Waals surface area contributed by atoms with Crippen molar-refractivity contribution in [3.05, 3.63) is 95.0 Å². The average molecular weight is 545 g/mol. The van der Waals surface area contributed by atoms with E-state index in [2.05, 4.69) is 114 Å². The lowest BCUT2D eigenvalue weighted by atomic mass is 10.3. The first-order valence-corrected chi connectivity index (χ1v) is 11.6. The molecular weight excluding hydrogens is 519 g/mol. The highest BCUT2D eigenvalue weighted by atomic mass is 127. The number of halogens is 1. The number of thioether (sulfide) groups is 1. The molecular formula is C25H25IN2S2. The van der Waals surface area contributed by atoms with Gasteiger partial charge in [0.05, 0.1) is 10.7 Å². The Kier molecular flexibility index (Phi) is 8.36. The van der Waals surface area contributed by atoms with Crippen molar-refractivity contribution in [3.8, 4) is 0 Å². The van der Waals surface area contributed by atoms with Crippen LogP contribution in [-0.4, -0.2) is 6.54 Å². The Hall–Kier alpha value is -1.83.